The van der Waals surface area contributed by atoms with Gasteiger partial charge in [0.05, 0.1) is 18.3 Å². The number of aromatic amines is 1. The van der Waals surface area contributed by atoms with Crippen LogP contribution in [0.5, 0.6) is 0 Å². The predicted octanol–water partition coefficient (Wildman–Crippen LogP) is 1.03. The second-order valence-corrected chi connectivity index (χ2v) is 6.61. The molecule has 26 heavy (non-hydrogen) atoms. The lowest BCUT2D eigenvalue weighted by molar-refractivity contribution is 0.175. The van der Waals surface area contributed by atoms with Gasteiger partial charge in [0.25, 0.3) is 5.56 Å². The highest BCUT2D eigenvalue weighted by Gasteiger charge is 2.20. The molecule has 8 heteroatoms. The molecule has 1 aromatic carbocycles. The van der Waals surface area contributed by atoms with Crippen LogP contribution < -0.4 is 11.2 Å². The van der Waals surface area contributed by atoms with Crippen LogP contribution in [0.4, 0.5) is 0 Å². The van der Waals surface area contributed by atoms with Crippen molar-refractivity contribution < 1.29 is 5.11 Å². The van der Waals surface area contributed by atoms with Crippen LogP contribution in [-0.2, 0) is 13.6 Å². The van der Waals surface area contributed by atoms with E-state index in [0.717, 1.165) is 16.8 Å². The van der Waals surface area contributed by atoms with Crippen molar-refractivity contribution >= 4 is 16.9 Å². The zero-order valence-corrected chi connectivity index (χ0v) is 14.7. The number of aromatic nitrogens is 5. The maximum atomic E-state index is 12.4. The molecule has 0 unspecified atom stereocenters. The highest BCUT2D eigenvalue weighted by molar-refractivity contribution is 5.78. The van der Waals surface area contributed by atoms with Crippen LogP contribution in [0.1, 0.15) is 12.5 Å². The Bertz CT molecular complexity index is 1240. The van der Waals surface area contributed by atoms with Crippen LogP contribution in [0.15, 0.2) is 40.1 Å². The summed E-state index contributed by atoms with van der Waals surface area (Å²) in [4.78, 5) is 31.0. The molecule has 0 aliphatic heterocycles. The first kappa shape index (κ1) is 16.3. The van der Waals surface area contributed by atoms with Crippen molar-refractivity contribution in [2.45, 2.75) is 26.5 Å². The Hall–Kier alpha value is -3.13. The second-order valence-electron chi connectivity index (χ2n) is 6.61. The number of nitrogens with zero attached hydrogens (tertiary/aromatic N) is 4. The molecule has 0 spiro atoms. The first-order valence-electron chi connectivity index (χ1n) is 8.32. The lowest BCUT2D eigenvalue weighted by Crippen LogP contribution is -2.28. The fraction of sp³-hybridized carbons (Fsp3) is 0.278. The Morgan fingerprint density at radius 3 is 2.58 bits per heavy atom. The summed E-state index contributed by atoms with van der Waals surface area (Å²) < 4.78 is 4.84. The monoisotopic (exact) mass is 353 g/mol. The highest BCUT2D eigenvalue weighted by Crippen LogP contribution is 2.26. The van der Waals surface area contributed by atoms with Gasteiger partial charge >= 0.3 is 5.69 Å². The molecule has 3 heterocycles. The lowest BCUT2D eigenvalue weighted by Gasteiger charge is -2.11. The van der Waals surface area contributed by atoms with Gasteiger partial charge in [0.15, 0.2) is 11.2 Å². The molecule has 0 saturated carbocycles. The van der Waals surface area contributed by atoms with Crippen LogP contribution in [0.2, 0.25) is 0 Å². The number of aryl methyl sites for hydroxylation is 2. The summed E-state index contributed by atoms with van der Waals surface area (Å²) in [6.45, 7) is 4.02. The molecule has 0 fully saturated rings. The van der Waals surface area contributed by atoms with E-state index in [4.69, 9.17) is 0 Å². The molecule has 134 valence electrons. The Morgan fingerprint density at radius 1 is 1.23 bits per heavy atom. The van der Waals surface area contributed by atoms with Gasteiger partial charge in [0, 0.05) is 13.2 Å². The molecular formula is C18H19N5O3. The van der Waals surface area contributed by atoms with E-state index in [9.17, 15) is 14.7 Å². The molecule has 4 aromatic rings. The molecule has 0 aliphatic rings. The largest absolute Gasteiger partial charge is 0.392 e. The number of aliphatic hydroxyl groups is 1. The van der Waals surface area contributed by atoms with Crippen molar-refractivity contribution in [3.63, 3.8) is 0 Å². The van der Waals surface area contributed by atoms with Gasteiger partial charge in [-0.05, 0) is 19.4 Å². The van der Waals surface area contributed by atoms with E-state index in [0.29, 0.717) is 23.5 Å². The standard InChI is InChI=1S/C18H19N5O3/c1-10-4-6-12(7-5-10)13-9-23-14-15(21(3)18(26)20-16(14)25)19-17(23)22(13)8-11(2)24/h4-7,9,11,24H,8H2,1-3H3,(H,20,25,26)/t11-/m0/s1. The van der Waals surface area contributed by atoms with Crippen LogP contribution in [0.25, 0.3) is 28.2 Å². The van der Waals surface area contributed by atoms with Crippen molar-refractivity contribution in [3.8, 4) is 11.3 Å². The molecule has 0 amide bonds. The summed E-state index contributed by atoms with van der Waals surface area (Å²) in [5.41, 5.74) is 2.55. The molecule has 8 nitrogen and oxygen atoms in total. The molecule has 1 atom stereocenters. The van der Waals surface area contributed by atoms with E-state index >= 15 is 0 Å². The van der Waals surface area contributed by atoms with Crippen molar-refractivity contribution in [3.05, 3.63) is 56.9 Å². The number of fused-ring (bicyclic) bond motifs is 3. The van der Waals surface area contributed by atoms with E-state index in [-0.39, 0.29) is 0 Å². The maximum Gasteiger partial charge on any atom is 0.329 e. The number of aliphatic hydroxyl groups excluding tert-OH is 1. The number of H-pyrrole nitrogens is 1. The van der Waals surface area contributed by atoms with Crippen LogP contribution in [0.3, 0.4) is 0 Å². The third kappa shape index (κ3) is 2.38. The fourth-order valence-corrected chi connectivity index (χ4v) is 3.20. The minimum absolute atomic E-state index is 0.305. The fourth-order valence-electron chi connectivity index (χ4n) is 3.20. The third-order valence-electron chi connectivity index (χ3n) is 4.51. The first-order chi connectivity index (χ1) is 12.4. The van der Waals surface area contributed by atoms with Gasteiger partial charge in [0.2, 0.25) is 5.78 Å². The summed E-state index contributed by atoms with van der Waals surface area (Å²) >= 11 is 0. The average molecular weight is 353 g/mol. The minimum atomic E-state index is -0.600. The summed E-state index contributed by atoms with van der Waals surface area (Å²) in [6.07, 6.45) is 1.22. The second kappa shape index (κ2) is 5.70. The zero-order valence-electron chi connectivity index (χ0n) is 14.7. The third-order valence-corrected chi connectivity index (χ3v) is 4.51. The van der Waals surface area contributed by atoms with Crippen LogP contribution >= 0.6 is 0 Å². The van der Waals surface area contributed by atoms with E-state index < -0.39 is 17.4 Å². The van der Waals surface area contributed by atoms with Gasteiger partial charge in [0.1, 0.15) is 0 Å². The van der Waals surface area contributed by atoms with Crippen molar-refractivity contribution in [1.29, 1.82) is 0 Å². The SMILES string of the molecule is Cc1ccc(-c2cn3c4c(=O)[nH]c(=O)n(C)c4nc3n2C[C@H](C)O)cc1. The first-order valence-corrected chi connectivity index (χ1v) is 8.32. The van der Waals surface area contributed by atoms with E-state index in [1.165, 1.54) is 4.57 Å². The number of nitrogens with one attached hydrogen (secondary N) is 1. The summed E-state index contributed by atoms with van der Waals surface area (Å²) in [7, 11) is 1.56. The zero-order chi connectivity index (χ0) is 18.6. The number of imidazole rings is 2. The summed E-state index contributed by atoms with van der Waals surface area (Å²) in [6, 6.07) is 7.99. The number of benzene rings is 1. The molecule has 2 N–H and O–H groups in total. The van der Waals surface area contributed by atoms with Gasteiger partial charge in [-0.2, -0.15) is 4.98 Å². The van der Waals surface area contributed by atoms with Crippen molar-refractivity contribution in [2.75, 3.05) is 0 Å². The summed E-state index contributed by atoms with van der Waals surface area (Å²) in [5.74, 6) is 0.503. The smallest absolute Gasteiger partial charge is 0.329 e. The molecule has 3 aromatic heterocycles. The number of hydrogen-bond donors (Lipinski definition) is 2. The molecule has 0 radical (unpaired) electrons. The van der Waals surface area contributed by atoms with Crippen molar-refractivity contribution in [1.82, 2.24) is 23.5 Å². The van der Waals surface area contributed by atoms with E-state index in [1.54, 1.807) is 18.4 Å². The van der Waals surface area contributed by atoms with E-state index in [2.05, 4.69) is 9.97 Å². The Labute approximate surface area is 148 Å². The quantitative estimate of drug-likeness (QED) is 0.575. The maximum absolute atomic E-state index is 12.4. The average Bonchev–Trinajstić information content (AvgIpc) is 3.11. The topological polar surface area (TPSA) is 97.3 Å². The van der Waals surface area contributed by atoms with Gasteiger partial charge < -0.3 is 9.67 Å². The Kier molecular flexibility index (Phi) is 3.58. The van der Waals surface area contributed by atoms with Crippen LogP contribution in [-0.4, -0.2) is 34.7 Å². The molecule has 0 saturated heterocycles. The normalized spacial score (nSPS) is 12.9. The molecule has 0 bridgehead atoms. The molecule has 4 rings (SSSR count). The lowest BCUT2D eigenvalue weighted by atomic mass is 10.1. The van der Waals surface area contributed by atoms with Crippen molar-refractivity contribution in [2.24, 2.45) is 7.05 Å². The number of hydrogen-bond acceptors (Lipinski definition) is 4. The highest BCUT2D eigenvalue weighted by atomic mass is 16.3. The minimum Gasteiger partial charge on any atom is -0.392 e. The van der Waals surface area contributed by atoms with Gasteiger partial charge in [-0.15, -0.1) is 0 Å². The number of rotatable bonds is 3. The van der Waals surface area contributed by atoms with Crippen LogP contribution in [0, 0.1) is 6.92 Å². The van der Waals surface area contributed by atoms with Gasteiger partial charge in [-0.1, -0.05) is 29.8 Å². The molecular weight excluding hydrogens is 334 g/mol. The Balaban J connectivity index is 2.10. The Morgan fingerprint density at radius 2 is 1.92 bits per heavy atom. The van der Waals surface area contributed by atoms with Gasteiger partial charge in [-0.3, -0.25) is 18.7 Å². The predicted molar refractivity (Wildman–Crippen MR) is 98.4 cm³/mol. The van der Waals surface area contributed by atoms with E-state index in [1.807, 2.05) is 42.0 Å². The van der Waals surface area contributed by atoms with Gasteiger partial charge in [-0.25, -0.2) is 4.79 Å². The molecule has 0 aliphatic carbocycles. The summed E-state index contributed by atoms with van der Waals surface area (Å²) in [5, 5.41) is 9.95.